The Labute approximate surface area is 134 Å². The normalized spacial score (nSPS) is 27.2. The van der Waals surface area contributed by atoms with Crippen LogP contribution in [0.2, 0.25) is 5.02 Å². The van der Waals surface area contributed by atoms with Gasteiger partial charge in [0.2, 0.25) is 10.0 Å². The summed E-state index contributed by atoms with van der Waals surface area (Å²) in [6.45, 7) is 1.49. The van der Waals surface area contributed by atoms with E-state index in [1.165, 1.54) is 22.5 Å². The summed E-state index contributed by atoms with van der Waals surface area (Å²) in [7, 11) is -3.41. The van der Waals surface area contributed by atoms with Crippen LogP contribution in [0.4, 0.5) is 4.39 Å². The maximum atomic E-state index is 13.1. The van der Waals surface area contributed by atoms with Crippen molar-refractivity contribution in [2.45, 2.75) is 17.8 Å². The Balaban J connectivity index is 1.79. The Hall–Kier alpha value is -0.730. The van der Waals surface area contributed by atoms with Crippen molar-refractivity contribution in [1.29, 1.82) is 0 Å². The maximum absolute atomic E-state index is 13.1. The van der Waals surface area contributed by atoms with Gasteiger partial charge in [-0.05, 0) is 18.6 Å². The summed E-state index contributed by atoms with van der Waals surface area (Å²) in [5.41, 5.74) is 0.602. The number of ether oxygens (including phenoxy) is 2. The molecule has 0 spiro atoms. The lowest BCUT2D eigenvalue weighted by Crippen LogP contribution is -2.46. The zero-order valence-electron chi connectivity index (χ0n) is 11.9. The van der Waals surface area contributed by atoms with Crippen LogP contribution in [0, 0.1) is 5.82 Å². The van der Waals surface area contributed by atoms with Crippen molar-refractivity contribution >= 4 is 21.6 Å². The first-order valence-electron chi connectivity index (χ1n) is 7.12. The van der Waals surface area contributed by atoms with E-state index in [4.69, 9.17) is 21.1 Å². The van der Waals surface area contributed by atoms with Gasteiger partial charge in [-0.2, -0.15) is 4.31 Å². The molecule has 0 aromatic heterocycles. The van der Waals surface area contributed by atoms with Crippen LogP contribution in [0.1, 0.15) is 18.1 Å². The number of hydrogen-bond acceptors (Lipinski definition) is 4. The molecule has 2 heterocycles. The minimum absolute atomic E-state index is 0.185. The zero-order chi connectivity index (χ0) is 15.7. The molecule has 1 aromatic carbocycles. The van der Waals surface area contributed by atoms with Gasteiger partial charge in [0, 0.05) is 30.3 Å². The summed E-state index contributed by atoms with van der Waals surface area (Å²) in [6.07, 6.45) is 0.0285. The second kappa shape index (κ2) is 6.41. The van der Waals surface area contributed by atoms with Crippen LogP contribution in [-0.2, 0) is 19.5 Å². The number of halogens is 2. The molecule has 122 valence electrons. The highest BCUT2D eigenvalue weighted by Gasteiger charge is 2.38. The quantitative estimate of drug-likeness (QED) is 0.837. The molecule has 2 saturated heterocycles. The highest BCUT2D eigenvalue weighted by molar-refractivity contribution is 7.89. The predicted molar refractivity (Wildman–Crippen MR) is 79.8 cm³/mol. The van der Waals surface area contributed by atoms with Gasteiger partial charge in [0.25, 0.3) is 0 Å². The molecular formula is C14H17ClFNO4S. The van der Waals surface area contributed by atoms with E-state index in [0.29, 0.717) is 25.1 Å². The van der Waals surface area contributed by atoms with Crippen LogP contribution in [0.15, 0.2) is 18.2 Å². The first-order chi connectivity index (χ1) is 10.5. The SMILES string of the molecule is O=S(=O)(C1CCOC1)N1CCOC(c2ccc(F)cc2Cl)C1. The van der Waals surface area contributed by atoms with Gasteiger partial charge in [0.1, 0.15) is 11.1 Å². The summed E-state index contributed by atoms with van der Waals surface area (Å²) in [6, 6.07) is 4.04. The van der Waals surface area contributed by atoms with Crippen LogP contribution >= 0.6 is 11.6 Å². The molecule has 2 fully saturated rings. The summed E-state index contributed by atoms with van der Waals surface area (Å²) in [4.78, 5) is 0. The summed E-state index contributed by atoms with van der Waals surface area (Å²) in [5, 5.41) is -0.247. The first kappa shape index (κ1) is 16.1. The minimum Gasteiger partial charge on any atom is -0.380 e. The van der Waals surface area contributed by atoms with E-state index in [2.05, 4.69) is 0 Å². The van der Waals surface area contributed by atoms with Crippen molar-refractivity contribution in [2.24, 2.45) is 0 Å². The Morgan fingerprint density at radius 2 is 2.14 bits per heavy atom. The van der Waals surface area contributed by atoms with Gasteiger partial charge in [0.05, 0.1) is 19.3 Å². The molecule has 2 aliphatic heterocycles. The third kappa shape index (κ3) is 3.14. The Morgan fingerprint density at radius 3 is 2.82 bits per heavy atom. The molecule has 1 aromatic rings. The molecule has 0 saturated carbocycles. The van der Waals surface area contributed by atoms with Crippen molar-refractivity contribution in [1.82, 2.24) is 4.31 Å². The monoisotopic (exact) mass is 349 g/mol. The van der Waals surface area contributed by atoms with Crippen molar-refractivity contribution in [3.63, 3.8) is 0 Å². The van der Waals surface area contributed by atoms with Gasteiger partial charge in [-0.3, -0.25) is 0 Å². The lowest BCUT2D eigenvalue weighted by atomic mass is 10.1. The number of sulfonamides is 1. The van der Waals surface area contributed by atoms with Crippen LogP contribution < -0.4 is 0 Å². The molecule has 5 nitrogen and oxygen atoms in total. The fourth-order valence-corrected chi connectivity index (χ4v) is 4.81. The third-order valence-corrected chi connectivity index (χ3v) is 6.60. The largest absolute Gasteiger partial charge is 0.380 e. The van der Waals surface area contributed by atoms with E-state index in [-0.39, 0.29) is 24.8 Å². The van der Waals surface area contributed by atoms with Gasteiger partial charge in [0.15, 0.2) is 0 Å². The molecule has 0 N–H and O–H groups in total. The molecule has 0 radical (unpaired) electrons. The molecule has 0 amide bonds. The minimum atomic E-state index is -3.41. The topological polar surface area (TPSA) is 55.8 Å². The molecule has 0 aliphatic carbocycles. The van der Waals surface area contributed by atoms with E-state index < -0.39 is 27.2 Å². The molecule has 2 aliphatic rings. The summed E-state index contributed by atoms with van der Waals surface area (Å²) in [5.74, 6) is -0.433. The molecule has 3 rings (SSSR count). The third-order valence-electron chi connectivity index (χ3n) is 4.01. The van der Waals surface area contributed by atoms with Crippen LogP contribution in [-0.4, -0.2) is 50.9 Å². The van der Waals surface area contributed by atoms with E-state index in [9.17, 15) is 12.8 Å². The highest BCUT2D eigenvalue weighted by Crippen LogP contribution is 2.31. The van der Waals surface area contributed by atoms with Gasteiger partial charge in [-0.15, -0.1) is 0 Å². The Morgan fingerprint density at radius 1 is 1.32 bits per heavy atom. The zero-order valence-corrected chi connectivity index (χ0v) is 13.4. The van der Waals surface area contributed by atoms with Crippen molar-refractivity contribution < 1.29 is 22.3 Å². The standard InChI is InChI=1S/C14H17ClFNO4S/c15-13-7-10(16)1-2-12(13)14-8-17(4-6-21-14)22(18,19)11-3-5-20-9-11/h1-2,7,11,14H,3-6,8-9H2. The first-order valence-corrected chi connectivity index (χ1v) is 9.00. The molecule has 0 bridgehead atoms. The predicted octanol–water partition coefficient (Wildman–Crippen LogP) is 1.97. The lowest BCUT2D eigenvalue weighted by molar-refractivity contribution is -0.00284. The number of hydrogen-bond donors (Lipinski definition) is 0. The number of nitrogens with zero attached hydrogens (tertiary/aromatic N) is 1. The average molecular weight is 350 g/mol. The van der Waals surface area contributed by atoms with Crippen LogP contribution in [0.3, 0.4) is 0 Å². The highest BCUT2D eigenvalue weighted by atomic mass is 35.5. The van der Waals surface area contributed by atoms with Gasteiger partial charge < -0.3 is 9.47 Å². The fraction of sp³-hybridized carbons (Fsp3) is 0.571. The van der Waals surface area contributed by atoms with E-state index in [0.717, 1.165) is 0 Å². The average Bonchev–Trinajstić information content (AvgIpc) is 3.02. The summed E-state index contributed by atoms with van der Waals surface area (Å²) < 4.78 is 50.6. The Bertz CT molecular complexity index is 648. The lowest BCUT2D eigenvalue weighted by Gasteiger charge is -2.34. The van der Waals surface area contributed by atoms with Crippen LogP contribution in [0.25, 0.3) is 0 Å². The molecule has 8 heteroatoms. The van der Waals surface area contributed by atoms with Crippen LogP contribution in [0.5, 0.6) is 0 Å². The number of morpholine rings is 1. The Kier molecular flexibility index (Phi) is 4.70. The second-order valence-electron chi connectivity index (χ2n) is 5.41. The molecule has 2 unspecified atom stereocenters. The van der Waals surface area contributed by atoms with Crippen molar-refractivity contribution in [2.75, 3.05) is 32.9 Å². The molecule has 2 atom stereocenters. The van der Waals surface area contributed by atoms with Gasteiger partial charge in [-0.25, -0.2) is 12.8 Å². The van der Waals surface area contributed by atoms with E-state index in [1.54, 1.807) is 0 Å². The maximum Gasteiger partial charge on any atom is 0.219 e. The number of rotatable bonds is 3. The molecular weight excluding hydrogens is 333 g/mol. The van der Waals surface area contributed by atoms with E-state index in [1.807, 2.05) is 0 Å². The van der Waals surface area contributed by atoms with E-state index >= 15 is 0 Å². The van der Waals surface area contributed by atoms with Crippen molar-refractivity contribution in [3.05, 3.63) is 34.6 Å². The smallest absolute Gasteiger partial charge is 0.219 e. The fourth-order valence-electron chi connectivity index (χ4n) is 2.77. The second-order valence-corrected chi connectivity index (χ2v) is 8.03. The molecule has 22 heavy (non-hydrogen) atoms. The van der Waals surface area contributed by atoms with Crippen molar-refractivity contribution in [3.8, 4) is 0 Å². The number of benzene rings is 1. The van der Waals surface area contributed by atoms with Gasteiger partial charge in [-0.1, -0.05) is 17.7 Å². The summed E-state index contributed by atoms with van der Waals surface area (Å²) >= 11 is 6.04. The van der Waals surface area contributed by atoms with Gasteiger partial charge >= 0.3 is 0 Å².